The highest BCUT2D eigenvalue weighted by Crippen LogP contribution is 2.32. The van der Waals surface area contributed by atoms with E-state index in [1.807, 2.05) is 13.8 Å². The molecule has 0 bridgehead atoms. The topological polar surface area (TPSA) is 67.2 Å². The van der Waals surface area contributed by atoms with E-state index < -0.39 is 17.8 Å². The highest BCUT2D eigenvalue weighted by Gasteiger charge is 2.30. The first-order valence-electron chi connectivity index (χ1n) is 6.62. The normalized spacial score (nSPS) is 13.1. The van der Waals surface area contributed by atoms with Gasteiger partial charge in [-0.05, 0) is 31.0 Å². The second kappa shape index (κ2) is 6.69. The summed E-state index contributed by atoms with van der Waals surface area (Å²) >= 11 is 0. The molecule has 0 radical (unpaired) electrons. The number of carbonyl (C=O) groups is 1. The molecule has 0 heterocycles. The summed E-state index contributed by atoms with van der Waals surface area (Å²) in [5.74, 6) is 0.0836. The largest absolute Gasteiger partial charge is 0.416 e. The second-order valence-corrected chi connectivity index (χ2v) is 5.30. The molecule has 1 aromatic rings. The van der Waals surface area contributed by atoms with Crippen LogP contribution in [0, 0.1) is 5.92 Å². The summed E-state index contributed by atoms with van der Waals surface area (Å²) in [6, 6.07) is 2.41. The van der Waals surface area contributed by atoms with Crippen molar-refractivity contribution < 1.29 is 18.0 Å². The van der Waals surface area contributed by atoms with Crippen LogP contribution in [-0.4, -0.2) is 18.5 Å². The van der Waals surface area contributed by atoms with E-state index in [0.717, 1.165) is 12.1 Å². The third-order valence-electron chi connectivity index (χ3n) is 2.83. The molecule has 0 aromatic heterocycles. The Labute approximate surface area is 121 Å². The SMILES string of the molecule is CC(C)CNC(=O)C(C)Nc1ccc(C(F)(F)F)cc1N. The molecule has 0 fully saturated rings. The molecule has 0 aliphatic rings. The van der Waals surface area contributed by atoms with E-state index in [1.54, 1.807) is 6.92 Å². The lowest BCUT2D eigenvalue weighted by Gasteiger charge is -2.18. The van der Waals surface area contributed by atoms with Crippen molar-refractivity contribution >= 4 is 17.3 Å². The quantitative estimate of drug-likeness (QED) is 0.733. The van der Waals surface area contributed by atoms with E-state index in [1.165, 1.54) is 6.07 Å². The van der Waals surface area contributed by atoms with Gasteiger partial charge in [-0.15, -0.1) is 0 Å². The molecule has 21 heavy (non-hydrogen) atoms. The van der Waals surface area contributed by atoms with Crippen molar-refractivity contribution in [3.8, 4) is 0 Å². The molecule has 1 atom stereocenters. The Hall–Kier alpha value is -1.92. The van der Waals surface area contributed by atoms with Gasteiger partial charge in [0, 0.05) is 6.54 Å². The standard InChI is InChI=1S/C14H20F3N3O/c1-8(2)7-19-13(21)9(3)20-12-5-4-10(6-11(12)18)14(15,16)17/h4-6,8-9,20H,7,18H2,1-3H3,(H,19,21). The number of hydrogen-bond donors (Lipinski definition) is 3. The molecule has 118 valence electrons. The minimum Gasteiger partial charge on any atom is -0.397 e. The van der Waals surface area contributed by atoms with Gasteiger partial charge in [0.2, 0.25) is 5.91 Å². The van der Waals surface area contributed by atoms with Crippen LogP contribution in [-0.2, 0) is 11.0 Å². The lowest BCUT2D eigenvalue weighted by Crippen LogP contribution is -2.39. The molecule has 0 aliphatic carbocycles. The third-order valence-corrected chi connectivity index (χ3v) is 2.83. The number of alkyl halides is 3. The van der Waals surface area contributed by atoms with Crippen LogP contribution >= 0.6 is 0 Å². The molecule has 4 N–H and O–H groups in total. The molecule has 4 nitrogen and oxygen atoms in total. The number of rotatable bonds is 5. The number of nitrogens with one attached hydrogen (secondary N) is 2. The first-order chi connectivity index (χ1) is 9.61. The average Bonchev–Trinajstić information content (AvgIpc) is 2.36. The van der Waals surface area contributed by atoms with E-state index in [9.17, 15) is 18.0 Å². The van der Waals surface area contributed by atoms with Gasteiger partial charge >= 0.3 is 6.18 Å². The van der Waals surface area contributed by atoms with Crippen molar-refractivity contribution in [3.63, 3.8) is 0 Å². The zero-order valence-corrected chi connectivity index (χ0v) is 12.2. The van der Waals surface area contributed by atoms with Crippen molar-refractivity contribution in [1.29, 1.82) is 0 Å². The maximum absolute atomic E-state index is 12.5. The van der Waals surface area contributed by atoms with Gasteiger partial charge in [0.15, 0.2) is 0 Å². The molecule has 0 spiro atoms. The summed E-state index contributed by atoms with van der Waals surface area (Å²) in [6.07, 6.45) is -4.44. The van der Waals surface area contributed by atoms with E-state index in [4.69, 9.17) is 5.73 Å². The predicted molar refractivity (Wildman–Crippen MR) is 76.8 cm³/mol. The van der Waals surface area contributed by atoms with Crippen LogP contribution in [0.3, 0.4) is 0 Å². The Morgan fingerprint density at radius 1 is 1.29 bits per heavy atom. The van der Waals surface area contributed by atoms with Crippen LogP contribution in [0.2, 0.25) is 0 Å². The van der Waals surface area contributed by atoms with Gasteiger partial charge < -0.3 is 16.4 Å². The van der Waals surface area contributed by atoms with Crippen LogP contribution in [0.25, 0.3) is 0 Å². The van der Waals surface area contributed by atoms with Crippen LogP contribution in [0.1, 0.15) is 26.3 Å². The molecule has 1 unspecified atom stereocenters. The minimum absolute atomic E-state index is 0.0478. The van der Waals surface area contributed by atoms with Gasteiger partial charge in [0.1, 0.15) is 6.04 Å². The zero-order valence-electron chi connectivity index (χ0n) is 12.2. The van der Waals surface area contributed by atoms with Gasteiger partial charge in [0.25, 0.3) is 0 Å². The van der Waals surface area contributed by atoms with Crippen molar-refractivity contribution in [2.45, 2.75) is 33.0 Å². The van der Waals surface area contributed by atoms with Gasteiger partial charge in [-0.2, -0.15) is 13.2 Å². The smallest absolute Gasteiger partial charge is 0.397 e. The van der Waals surface area contributed by atoms with Gasteiger partial charge in [-0.3, -0.25) is 4.79 Å². The van der Waals surface area contributed by atoms with Crippen LogP contribution < -0.4 is 16.4 Å². The summed E-state index contributed by atoms with van der Waals surface area (Å²) in [6.45, 7) is 6.08. The Morgan fingerprint density at radius 2 is 1.90 bits per heavy atom. The van der Waals surface area contributed by atoms with E-state index in [-0.39, 0.29) is 11.6 Å². The molecule has 7 heteroatoms. The molecule has 1 aromatic carbocycles. The average molecular weight is 303 g/mol. The molecule has 0 aliphatic heterocycles. The third kappa shape index (κ3) is 5.17. The number of amides is 1. The summed E-state index contributed by atoms with van der Waals surface area (Å²) < 4.78 is 37.6. The lowest BCUT2D eigenvalue weighted by molar-refractivity contribution is -0.137. The van der Waals surface area contributed by atoms with E-state index in [0.29, 0.717) is 18.2 Å². The lowest BCUT2D eigenvalue weighted by atomic mass is 10.1. The number of anilines is 2. The second-order valence-electron chi connectivity index (χ2n) is 5.30. The number of nitrogens with two attached hydrogens (primary N) is 1. The molecule has 0 saturated heterocycles. The number of carbonyl (C=O) groups excluding carboxylic acids is 1. The Balaban J connectivity index is 2.73. The fraction of sp³-hybridized carbons (Fsp3) is 0.500. The van der Waals surface area contributed by atoms with E-state index in [2.05, 4.69) is 10.6 Å². The number of benzene rings is 1. The molecule has 1 rings (SSSR count). The minimum atomic E-state index is -4.44. The fourth-order valence-corrected chi connectivity index (χ4v) is 1.63. The maximum Gasteiger partial charge on any atom is 0.416 e. The summed E-state index contributed by atoms with van der Waals surface area (Å²) in [7, 11) is 0. The highest BCUT2D eigenvalue weighted by molar-refractivity contribution is 5.85. The number of nitrogen functional groups attached to an aromatic ring is 1. The maximum atomic E-state index is 12.5. The number of halogens is 3. The fourth-order valence-electron chi connectivity index (χ4n) is 1.63. The Kier molecular flexibility index (Phi) is 5.46. The monoisotopic (exact) mass is 303 g/mol. The van der Waals surface area contributed by atoms with Crippen molar-refractivity contribution in [2.75, 3.05) is 17.6 Å². The highest BCUT2D eigenvalue weighted by atomic mass is 19.4. The van der Waals surface area contributed by atoms with Gasteiger partial charge in [-0.1, -0.05) is 13.8 Å². The summed E-state index contributed by atoms with van der Waals surface area (Å²) in [5.41, 5.74) is 5.03. The van der Waals surface area contributed by atoms with Gasteiger partial charge in [-0.25, -0.2) is 0 Å². The van der Waals surface area contributed by atoms with E-state index >= 15 is 0 Å². The summed E-state index contributed by atoms with van der Waals surface area (Å²) in [4.78, 5) is 11.8. The van der Waals surface area contributed by atoms with Crippen molar-refractivity contribution in [3.05, 3.63) is 23.8 Å². The molecular weight excluding hydrogens is 283 g/mol. The Morgan fingerprint density at radius 3 is 2.38 bits per heavy atom. The first kappa shape index (κ1) is 17.1. The van der Waals surface area contributed by atoms with Crippen LogP contribution in [0.4, 0.5) is 24.5 Å². The van der Waals surface area contributed by atoms with Gasteiger partial charge in [0.05, 0.1) is 16.9 Å². The zero-order chi connectivity index (χ0) is 16.2. The van der Waals surface area contributed by atoms with Crippen molar-refractivity contribution in [1.82, 2.24) is 5.32 Å². The van der Waals surface area contributed by atoms with Crippen molar-refractivity contribution in [2.24, 2.45) is 5.92 Å². The van der Waals surface area contributed by atoms with Crippen LogP contribution in [0.15, 0.2) is 18.2 Å². The molecule has 0 saturated carbocycles. The number of hydrogen-bond acceptors (Lipinski definition) is 3. The molecule has 1 amide bonds. The summed E-state index contributed by atoms with van der Waals surface area (Å²) in [5, 5.41) is 5.54. The first-order valence-corrected chi connectivity index (χ1v) is 6.62. The molecular formula is C14H20F3N3O. The van der Waals surface area contributed by atoms with Crippen LogP contribution in [0.5, 0.6) is 0 Å². The predicted octanol–water partition coefficient (Wildman–Crippen LogP) is 2.86. The Bertz CT molecular complexity index is 501.